The number of likely N-dealkylation sites (tertiary alicyclic amines) is 1. The Bertz CT molecular complexity index is 1030. The molecule has 7 nitrogen and oxygen atoms in total. The Morgan fingerprint density at radius 1 is 1.06 bits per heavy atom. The van der Waals surface area contributed by atoms with Gasteiger partial charge in [0, 0.05) is 30.9 Å². The number of amides is 1. The van der Waals surface area contributed by atoms with E-state index in [1.54, 1.807) is 13.3 Å². The predicted molar refractivity (Wildman–Crippen MR) is 128 cm³/mol. The second-order valence-corrected chi connectivity index (χ2v) is 8.08. The highest BCUT2D eigenvalue weighted by Gasteiger charge is 2.30. The van der Waals surface area contributed by atoms with E-state index >= 15 is 0 Å². The zero-order valence-corrected chi connectivity index (χ0v) is 19.1. The molecule has 33 heavy (non-hydrogen) atoms. The van der Waals surface area contributed by atoms with Gasteiger partial charge in [0.15, 0.2) is 17.6 Å². The molecular weight excluding hydrogens is 416 g/mol. The van der Waals surface area contributed by atoms with Crippen LogP contribution in [0.2, 0.25) is 0 Å². The number of aromatic nitrogens is 2. The highest BCUT2D eigenvalue weighted by Crippen LogP contribution is 2.30. The minimum Gasteiger partial charge on any atom is -0.493 e. The average Bonchev–Trinajstić information content (AvgIpc) is 2.88. The second kappa shape index (κ2) is 10.8. The molecule has 172 valence electrons. The fraction of sp³-hybridized carbons (Fsp3) is 0.346. The van der Waals surface area contributed by atoms with Gasteiger partial charge in [0.1, 0.15) is 5.82 Å². The van der Waals surface area contributed by atoms with E-state index in [9.17, 15) is 4.79 Å². The van der Waals surface area contributed by atoms with Crippen molar-refractivity contribution in [3.63, 3.8) is 0 Å². The van der Waals surface area contributed by atoms with Crippen LogP contribution in [0.25, 0.3) is 0 Å². The maximum absolute atomic E-state index is 13.1. The number of nitrogens with one attached hydrogen (secondary N) is 1. The van der Waals surface area contributed by atoms with Crippen molar-refractivity contribution in [2.75, 3.05) is 25.5 Å². The van der Waals surface area contributed by atoms with Crippen molar-refractivity contribution in [2.45, 2.75) is 38.2 Å². The number of ether oxygens (including phenoxy) is 2. The number of methoxy groups -OCH3 is 1. The first-order valence-corrected chi connectivity index (χ1v) is 11.4. The molecule has 1 saturated heterocycles. The summed E-state index contributed by atoms with van der Waals surface area (Å²) in [6.45, 7) is 3.37. The van der Waals surface area contributed by atoms with E-state index in [1.807, 2.05) is 66.6 Å². The summed E-state index contributed by atoms with van der Waals surface area (Å²) in [5, 5.41) is 3.25. The molecular formula is C26H30N4O3. The van der Waals surface area contributed by atoms with Gasteiger partial charge in [0.05, 0.1) is 19.0 Å². The summed E-state index contributed by atoms with van der Waals surface area (Å²) in [6, 6.07) is 17.3. The van der Waals surface area contributed by atoms with Gasteiger partial charge in [0.25, 0.3) is 5.91 Å². The number of para-hydroxylation sites is 2. The topological polar surface area (TPSA) is 76.6 Å². The molecule has 0 bridgehead atoms. The van der Waals surface area contributed by atoms with Gasteiger partial charge in [-0.15, -0.1) is 0 Å². The Morgan fingerprint density at radius 3 is 2.45 bits per heavy atom. The number of carbonyl (C=O) groups is 1. The summed E-state index contributed by atoms with van der Waals surface area (Å²) < 4.78 is 11.4. The van der Waals surface area contributed by atoms with Gasteiger partial charge >= 0.3 is 0 Å². The lowest BCUT2D eigenvalue weighted by Crippen LogP contribution is -2.45. The molecule has 0 radical (unpaired) electrons. The van der Waals surface area contributed by atoms with Crippen LogP contribution in [0.5, 0.6) is 11.5 Å². The quantitative estimate of drug-likeness (QED) is 0.536. The molecule has 4 rings (SSSR count). The Hall–Kier alpha value is -3.61. The van der Waals surface area contributed by atoms with Gasteiger partial charge in [-0.05, 0) is 55.7 Å². The summed E-state index contributed by atoms with van der Waals surface area (Å²) in [6.07, 6.45) is 5.45. The molecule has 1 aromatic carbocycles. The summed E-state index contributed by atoms with van der Waals surface area (Å²) >= 11 is 0. The standard InChI is InChI=1S/C26H30N4O3/c1-3-22(33-24-9-5-4-8-23(24)32-2)26(31)30-16-13-19(14-17-30)21-12-11-20(18-28-21)29-25-10-6-7-15-27-25/h4-12,15,18-19,22H,3,13-14,16-17H2,1-2H3,(H,27,29)/t22-/m1/s1. The van der Waals surface area contributed by atoms with Crippen LogP contribution in [0, 0.1) is 0 Å². The maximum Gasteiger partial charge on any atom is 0.263 e. The first-order valence-electron chi connectivity index (χ1n) is 11.4. The molecule has 1 aliphatic heterocycles. The molecule has 1 fully saturated rings. The number of anilines is 2. The molecule has 3 heterocycles. The normalized spacial score (nSPS) is 15.0. The summed E-state index contributed by atoms with van der Waals surface area (Å²) in [7, 11) is 1.60. The van der Waals surface area contributed by atoms with Gasteiger partial charge in [-0.1, -0.05) is 25.1 Å². The highest BCUT2D eigenvalue weighted by atomic mass is 16.5. The second-order valence-electron chi connectivity index (χ2n) is 8.08. The third kappa shape index (κ3) is 5.61. The first-order chi connectivity index (χ1) is 16.2. The summed E-state index contributed by atoms with van der Waals surface area (Å²) in [5.41, 5.74) is 1.97. The number of nitrogens with zero attached hydrogens (tertiary/aromatic N) is 3. The van der Waals surface area contributed by atoms with Crippen molar-refractivity contribution in [1.82, 2.24) is 14.9 Å². The molecule has 0 unspecified atom stereocenters. The molecule has 1 aliphatic rings. The smallest absolute Gasteiger partial charge is 0.263 e. The number of piperidine rings is 1. The fourth-order valence-electron chi connectivity index (χ4n) is 4.08. The first kappa shape index (κ1) is 22.6. The van der Waals surface area contributed by atoms with Crippen LogP contribution in [0.1, 0.15) is 37.8 Å². The highest BCUT2D eigenvalue weighted by molar-refractivity contribution is 5.81. The van der Waals surface area contributed by atoms with Crippen molar-refractivity contribution in [1.29, 1.82) is 0 Å². The van der Waals surface area contributed by atoms with Crippen molar-refractivity contribution in [2.24, 2.45) is 0 Å². The van der Waals surface area contributed by atoms with Gasteiger partial charge in [0.2, 0.25) is 0 Å². The van der Waals surface area contributed by atoms with Crippen LogP contribution >= 0.6 is 0 Å². The number of hydrogen-bond donors (Lipinski definition) is 1. The van der Waals surface area contributed by atoms with Crippen LogP contribution in [0.15, 0.2) is 67.0 Å². The van der Waals surface area contributed by atoms with Crippen molar-refractivity contribution in [3.05, 3.63) is 72.7 Å². The van der Waals surface area contributed by atoms with Crippen LogP contribution in [0.3, 0.4) is 0 Å². The molecule has 1 atom stereocenters. The lowest BCUT2D eigenvalue weighted by molar-refractivity contribution is -0.140. The third-order valence-electron chi connectivity index (χ3n) is 5.93. The van der Waals surface area contributed by atoms with E-state index in [2.05, 4.69) is 21.4 Å². The molecule has 2 aromatic heterocycles. The molecule has 1 N–H and O–H groups in total. The number of rotatable bonds is 8. The third-order valence-corrected chi connectivity index (χ3v) is 5.93. The maximum atomic E-state index is 13.1. The fourth-order valence-corrected chi connectivity index (χ4v) is 4.08. The summed E-state index contributed by atoms with van der Waals surface area (Å²) in [5.74, 6) is 2.39. The Kier molecular flexibility index (Phi) is 7.40. The predicted octanol–water partition coefficient (Wildman–Crippen LogP) is 4.79. The Balaban J connectivity index is 1.32. The molecule has 3 aromatic rings. The molecule has 0 aliphatic carbocycles. The molecule has 7 heteroatoms. The van der Waals surface area contributed by atoms with Gasteiger partial charge < -0.3 is 19.7 Å². The molecule has 0 saturated carbocycles. The lowest BCUT2D eigenvalue weighted by atomic mass is 9.92. The van der Waals surface area contributed by atoms with E-state index in [0.29, 0.717) is 36.9 Å². The Morgan fingerprint density at radius 2 is 1.82 bits per heavy atom. The largest absolute Gasteiger partial charge is 0.493 e. The van der Waals surface area contributed by atoms with Gasteiger partial charge in [-0.25, -0.2) is 4.98 Å². The SMILES string of the molecule is CC[C@@H](Oc1ccccc1OC)C(=O)N1CCC(c2ccc(Nc3ccccn3)cn2)CC1. The van der Waals surface area contributed by atoms with Crippen LogP contribution in [-0.2, 0) is 4.79 Å². The van der Waals surface area contributed by atoms with Gasteiger partial charge in [-0.3, -0.25) is 9.78 Å². The Labute approximate surface area is 194 Å². The van der Waals surface area contributed by atoms with Crippen LogP contribution in [0.4, 0.5) is 11.5 Å². The van der Waals surface area contributed by atoms with E-state index in [0.717, 1.165) is 30.0 Å². The zero-order chi connectivity index (χ0) is 23.0. The van der Waals surface area contributed by atoms with Crippen molar-refractivity contribution < 1.29 is 14.3 Å². The van der Waals surface area contributed by atoms with E-state index < -0.39 is 6.10 Å². The summed E-state index contributed by atoms with van der Waals surface area (Å²) in [4.78, 5) is 24.0. The van der Waals surface area contributed by atoms with Crippen LogP contribution in [-0.4, -0.2) is 47.1 Å². The minimum atomic E-state index is -0.520. The van der Waals surface area contributed by atoms with E-state index in [-0.39, 0.29) is 5.91 Å². The monoisotopic (exact) mass is 446 g/mol. The molecule has 0 spiro atoms. The minimum absolute atomic E-state index is 0.0322. The number of benzene rings is 1. The lowest BCUT2D eigenvalue weighted by Gasteiger charge is -2.34. The van der Waals surface area contributed by atoms with E-state index in [1.165, 1.54) is 0 Å². The number of carbonyl (C=O) groups excluding carboxylic acids is 1. The van der Waals surface area contributed by atoms with E-state index in [4.69, 9.17) is 9.47 Å². The van der Waals surface area contributed by atoms with Crippen LogP contribution < -0.4 is 14.8 Å². The molecule has 1 amide bonds. The zero-order valence-electron chi connectivity index (χ0n) is 19.1. The number of hydrogen-bond acceptors (Lipinski definition) is 6. The van der Waals surface area contributed by atoms with Crippen molar-refractivity contribution in [3.8, 4) is 11.5 Å². The average molecular weight is 447 g/mol. The van der Waals surface area contributed by atoms with Gasteiger partial charge in [-0.2, -0.15) is 0 Å². The van der Waals surface area contributed by atoms with Crippen molar-refractivity contribution >= 4 is 17.4 Å². The number of pyridine rings is 2.